The van der Waals surface area contributed by atoms with Crippen LogP contribution in [0, 0.1) is 0 Å². The second-order valence-electron chi connectivity index (χ2n) is 12.1. The number of amides is 1. The van der Waals surface area contributed by atoms with Crippen molar-refractivity contribution in [3.63, 3.8) is 0 Å². The molecule has 15 heteroatoms. The van der Waals surface area contributed by atoms with Gasteiger partial charge in [-0.05, 0) is 99.5 Å². The Morgan fingerprint density at radius 1 is 0.441 bits per heavy atom. The van der Waals surface area contributed by atoms with E-state index in [4.69, 9.17) is 43.1 Å². The van der Waals surface area contributed by atoms with E-state index in [1.165, 1.54) is 0 Å². The van der Waals surface area contributed by atoms with E-state index in [2.05, 4.69) is 36.1 Å². The summed E-state index contributed by atoms with van der Waals surface area (Å²) in [5.41, 5.74) is 0. The second-order valence-corrected chi connectivity index (χ2v) is 12.1. The van der Waals surface area contributed by atoms with E-state index in [1.54, 1.807) is 0 Å². The first kappa shape index (κ1) is 116. The van der Waals surface area contributed by atoms with Gasteiger partial charge in [-0.25, -0.2) is 4.79 Å². The van der Waals surface area contributed by atoms with E-state index in [-0.39, 0.29) is 98.7 Å². The molecule has 0 aliphatic rings. The molecule has 0 bridgehead atoms. The molecule has 0 saturated carbocycles. The van der Waals surface area contributed by atoms with Gasteiger partial charge in [0, 0.05) is 65.9 Å². The molecule has 15 nitrogen and oxygen atoms in total. The van der Waals surface area contributed by atoms with Gasteiger partial charge in [0.1, 0.15) is 6.10 Å². The monoisotopic (exact) mass is 1010 g/mol. The van der Waals surface area contributed by atoms with Gasteiger partial charge in [-0.1, -0.05) is 129 Å². The number of alkyl carbamates (subject to hydrolysis) is 1. The van der Waals surface area contributed by atoms with Crippen LogP contribution in [-0.2, 0) is 42.7 Å². The molecule has 3 unspecified atom stereocenters. The summed E-state index contributed by atoms with van der Waals surface area (Å²) in [5, 5.41) is 33.2. The molecule has 0 aromatic rings. The zero-order chi connectivity index (χ0) is 45.8. The Hall–Kier alpha value is -1.75. The Balaban J connectivity index is -0.0000000296. The Kier molecular flexibility index (Phi) is 215. The zero-order valence-corrected chi connectivity index (χ0v) is 39.5. The number of nitrogens with one attached hydrogen (secondary N) is 2. The molecule has 0 aliphatic heterocycles. The molecular formula is C53H136N2O13. The average molecular weight is 1010 g/mol. The van der Waals surface area contributed by atoms with Crippen LogP contribution in [0.15, 0.2) is 0 Å². The lowest BCUT2D eigenvalue weighted by molar-refractivity contribution is -0.191. The minimum absolute atomic E-state index is 0. The highest BCUT2D eigenvalue weighted by Gasteiger charge is 2.03. The van der Waals surface area contributed by atoms with Gasteiger partial charge in [-0.2, -0.15) is 9.59 Å². The van der Waals surface area contributed by atoms with Crippen LogP contribution in [-0.4, -0.2) is 151 Å². The van der Waals surface area contributed by atoms with Gasteiger partial charge in [0.15, 0.2) is 0 Å². The summed E-state index contributed by atoms with van der Waals surface area (Å²) >= 11 is 0. The van der Waals surface area contributed by atoms with Gasteiger partial charge < -0.3 is 59.1 Å². The summed E-state index contributed by atoms with van der Waals surface area (Å²) in [6.07, 6.45) is 9.15. The van der Waals surface area contributed by atoms with Crippen LogP contribution in [0.4, 0.5) is 4.79 Å². The van der Waals surface area contributed by atoms with Gasteiger partial charge in [-0.3, -0.25) is 0 Å². The third-order valence-electron chi connectivity index (χ3n) is 6.52. The summed E-state index contributed by atoms with van der Waals surface area (Å²) in [7, 11) is 0. The number of ether oxygens (including phenoxy) is 7. The topological polar surface area (TPSA) is 201 Å². The number of rotatable bonds is 31. The van der Waals surface area contributed by atoms with Crippen LogP contribution in [0.3, 0.4) is 0 Å². The number of hydrogen-bond donors (Lipinski definition) is 5. The van der Waals surface area contributed by atoms with Crippen LogP contribution in [0.5, 0.6) is 0 Å². The molecule has 0 spiro atoms. The summed E-state index contributed by atoms with van der Waals surface area (Å²) in [6, 6.07) is 0. The van der Waals surface area contributed by atoms with Gasteiger partial charge in [0.2, 0.25) is 0 Å². The Labute approximate surface area is 430 Å². The number of aliphatic hydroxyl groups is 3. The van der Waals surface area contributed by atoms with E-state index in [1.807, 2.05) is 62.3 Å². The average Bonchev–Trinajstić information content (AvgIpc) is 3.23. The van der Waals surface area contributed by atoms with E-state index < -0.39 is 6.10 Å². The molecular weight excluding hydrogens is 873 g/mol. The molecule has 436 valence electrons. The first-order chi connectivity index (χ1) is 28.0. The molecule has 0 heterocycles. The maximum Gasteiger partial charge on any atom is 0.407 e. The standard InChI is InChI=1S/C9H20O2.C8H18O3.C8H18O2.C6H13NO2.C6H15NO.C5H12O.CO2.10CH4/c1-3-9(10)7-5-6-8-11-4-2;1-3-5-11-7-8(9)6-10-4-2;1-3-5-6-8(9)7-10-4-2;1-3-5-9-6(8)7-4-2;1-3-7-5-6-8-4-2;1-3-5-6-4-2;2-1-3;;;;;;;;;;/h9-10H,3-8H2,1-2H3;8-9H,3-7H2,1-2H3;8-9H,3-7H2,1-2H3;3-5H2,1-2H3,(H,7,8);7H,3-6H2,1-2H3;3-5H2,1-2H3;;10*1H4. The zero-order valence-electron chi connectivity index (χ0n) is 39.5. The summed E-state index contributed by atoms with van der Waals surface area (Å²) in [5.74, 6) is 0. The fourth-order valence-corrected chi connectivity index (χ4v) is 3.52. The quantitative estimate of drug-likeness (QED) is 0.0411. The molecule has 0 rings (SSSR count). The fraction of sp³-hybridized carbons (Fsp3) is 0.962. The lowest BCUT2D eigenvalue weighted by atomic mass is 10.1. The lowest BCUT2D eigenvalue weighted by Crippen LogP contribution is -2.23. The molecule has 0 aromatic carbocycles. The number of unbranched alkanes of at least 4 members (excludes halogenated alkanes) is 2. The maximum atomic E-state index is 10.5. The Morgan fingerprint density at radius 2 is 0.824 bits per heavy atom. The van der Waals surface area contributed by atoms with E-state index in [0.717, 1.165) is 117 Å². The molecule has 1 amide bonds. The first-order valence-corrected chi connectivity index (χ1v) is 22.1. The van der Waals surface area contributed by atoms with Crippen molar-refractivity contribution in [1.82, 2.24) is 10.6 Å². The van der Waals surface area contributed by atoms with Crippen LogP contribution in [0.25, 0.3) is 0 Å². The smallest absolute Gasteiger partial charge is 0.407 e. The van der Waals surface area contributed by atoms with Gasteiger partial charge in [-0.15, -0.1) is 0 Å². The van der Waals surface area contributed by atoms with Crippen molar-refractivity contribution in [1.29, 1.82) is 0 Å². The summed E-state index contributed by atoms with van der Waals surface area (Å²) < 4.78 is 35.1. The molecule has 0 fully saturated rings. The number of likely N-dealkylation sites (N-methyl/N-ethyl adjacent to an activating group) is 1. The van der Waals surface area contributed by atoms with Gasteiger partial charge in [0.05, 0.1) is 45.2 Å². The van der Waals surface area contributed by atoms with E-state index >= 15 is 0 Å². The molecule has 3 atom stereocenters. The Bertz CT molecular complexity index is 679. The van der Waals surface area contributed by atoms with Crippen LogP contribution in [0.1, 0.15) is 222 Å². The molecule has 0 aromatic heterocycles. The lowest BCUT2D eigenvalue weighted by Gasteiger charge is -2.09. The molecule has 0 saturated heterocycles. The highest BCUT2D eigenvalue weighted by molar-refractivity contribution is 5.66. The minimum Gasteiger partial charge on any atom is -0.450 e. The van der Waals surface area contributed by atoms with Crippen molar-refractivity contribution in [2.45, 2.75) is 240 Å². The molecule has 0 aliphatic carbocycles. The van der Waals surface area contributed by atoms with Gasteiger partial charge >= 0.3 is 12.2 Å². The molecule has 5 N–H and O–H groups in total. The number of carbonyl (C=O) groups is 1. The second kappa shape index (κ2) is 126. The normalized spacial score (nSPS) is 9.51. The van der Waals surface area contributed by atoms with Crippen molar-refractivity contribution < 1.29 is 62.9 Å². The van der Waals surface area contributed by atoms with Gasteiger partial charge in [0.25, 0.3) is 0 Å². The van der Waals surface area contributed by atoms with E-state index in [9.17, 15) is 15.0 Å². The molecule has 68 heavy (non-hydrogen) atoms. The maximum absolute atomic E-state index is 10.5. The number of carbonyl (C=O) groups excluding carboxylic acids is 3. The predicted molar refractivity (Wildman–Crippen MR) is 302 cm³/mol. The largest absolute Gasteiger partial charge is 0.450 e. The third-order valence-corrected chi connectivity index (χ3v) is 6.52. The number of aliphatic hydroxyl groups excluding tert-OH is 3. The van der Waals surface area contributed by atoms with Crippen molar-refractivity contribution in [2.75, 3.05) is 106 Å². The van der Waals surface area contributed by atoms with Crippen molar-refractivity contribution >= 4 is 12.2 Å². The molecule has 0 radical (unpaired) electrons. The predicted octanol–water partition coefficient (Wildman–Crippen LogP) is 13.3. The van der Waals surface area contributed by atoms with Crippen LogP contribution in [0.2, 0.25) is 0 Å². The van der Waals surface area contributed by atoms with Crippen molar-refractivity contribution in [3.8, 4) is 0 Å². The highest BCUT2D eigenvalue weighted by atomic mass is 16.5. The van der Waals surface area contributed by atoms with Crippen LogP contribution >= 0.6 is 0 Å². The van der Waals surface area contributed by atoms with Crippen LogP contribution < -0.4 is 10.6 Å². The highest BCUT2D eigenvalue weighted by Crippen LogP contribution is 2.03. The SMILES string of the molecule is C.C.C.C.C.C.C.C.C.C.CCCCC(O)COCC.CCCOC(=O)NCC.CCCOCC.CCCOCC(O)COCC.CCNCCOCC.CCOCCCCC(O)CC.O=C=O. The fourth-order valence-electron chi connectivity index (χ4n) is 3.52. The third kappa shape index (κ3) is 167. The van der Waals surface area contributed by atoms with Crippen molar-refractivity contribution in [2.24, 2.45) is 0 Å². The first-order valence-electron chi connectivity index (χ1n) is 22.1. The number of hydrogen-bond acceptors (Lipinski definition) is 14. The summed E-state index contributed by atoms with van der Waals surface area (Å²) in [4.78, 5) is 26.7. The van der Waals surface area contributed by atoms with Crippen molar-refractivity contribution in [3.05, 3.63) is 0 Å². The summed E-state index contributed by atoms with van der Waals surface area (Å²) in [6.45, 7) is 35.6. The Morgan fingerprint density at radius 3 is 1.19 bits per heavy atom. The van der Waals surface area contributed by atoms with E-state index in [0.29, 0.717) is 52.8 Å². The minimum atomic E-state index is -0.471.